The molecule has 2 aromatic carbocycles. The van der Waals surface area contributed by atoms with Crippen molar-refractivity contribution in [2.45, 2.75) is 18.7 Å². The molecule has 146 valence electrons. The quantitative estimate of drug-likeness (QED) is 0.593. The Labute approximate surface area is 165 Å². The van der Waals surface area contributed by atoms with Crippen molar-refractivity contribution in [1.82, 2.24) is 4.98 Å². The SMILES string of the molecule is COc1cc(NS(=O)(=O)c2ccc(C(C)=O)cc2)cc2sc(NC(C)=O)nc12. The predicted octanol–water partition coefficient (Wildman–Crippen LogP) is 3.27. The van der Waals surface area contributed by atoms with Gasteiger partial charge in [0.25, 0.3) is 10.0 Å². The summed E-state index contributed by atoms with van der Waals surface area (Å²) in [5, 5.41) is 2.99. The van der Waals surface area contributed by atoms with E-state index >= 15 is 0 Å². The van der Waals surface area contributed by atoms with E-state index in [1.165, 1.54) is 62.6 Å². The van der Waals surface area contributed by atoms with Gasteiger partial charge in [-0.3, -0.25) is 14.3 Å². The molecule has 28 heavy (non-hydrogen) atoms. The number of aromatic nitrogens is 1. The van der Waals surface area contributed by atoms with E-state index in [-0.39, 0.29) is 22.3 Å². The number of nitrogens with one attached hydrogen (secondary N) is 2. The fraction of sp³-hybridized carbons (Fsp3) is 0.167. The number of fused-ring (bicyclic) bond motifs is 1. The van der Waals surface area contributed by atoms with Crippen molar-refractivity contribution in [1.29, 1.82) is 0 Å². The van der Waals surface area contributed by atoms with Crippen molar-refractivity contribution in [3.05, 3.63) is 42.0 Å². The van der Waals surface area contributed by atoms with Crippen molar-refractivity contribution in [3.63, 3.8) is 0 Å². The van der Waals surface area contributed by atoms with E-state index in [2.05, 4.69) is 15.0 Å². The monoisotopic (exact) mass is 419 g/mol. The summed E-state index contributed by atoms with van der Waals surface area (Å²) in [7, 11) is -2.41. The molecule has 0 saturated carbocycles. The normalized spacial score (nSPS) is 11.2. The van der Waals surface area contributed by atoms with Gasteiger partial charge in [0.2, 0.25) is 5.91 Å². The minimum Gasteiger partial charge on any atom is -0.494 e. The lowest BCUT2D eigenvalue weighted by molar-refractivity contribution is -0.114. The standard InChI is InChI=1S/C18H17N3O5S2/c1-10(22)12-4-6-14(7-5-12)28(24,25)21-13-8-15(26-3)17-16(9-13)27-18(20-17)19-11(2)23/h4-9,21H,1-3H3,(H,19,20,23). The van der Waals surface area contributed by atoms with Crippen molar-refractivity contribution in [2.75, 3.05) is 17.1 Å². The molecule has 0 unspecified atom stereocenters. The molecule has 0 aliphatic rings. The highest BCUT2D eigenvalue weighted by Crippen LogP contribution is 2.36. The van der Waals surface area contributed by atoms with Crippen molar-refractivity contribution < 1.29 is 22.7 Å². The summed E-state index contributed by atoms with van der Waals surface area (Å²) in [5.41, 5.74) is 1.24. The number of hydrogen-bond donors (Lipinski definition) is 2. The summed E-state index contributed by atoms with van der Waals surface area (Å²) in [6.07, 6.45) is 0. The molecule has 8 nitrogen and oxygen atoms in total. The first kappa shape index (κ1) is 19.8. The molecule has 10 heteroatoms. The number of benzene rings is 2. The van der Waals surface area contributed by atoms with Crippen LogP contribution in [0.4, 0.5) is 10.8 Å². The van der Waals surface area contributed by atoms with Crippen LogP contribution >= 0.6 is 11.3 Å². The lowest BCUT2D eigenvalue weighted by Gasteiger charge is -2.10. The number of hydrogen-bond acceptors (Lipinski definition) is 7. The smallest absolute Gasteiger partial charge is 0.261 e. The lowest BCUT2D eigenvalue weighted by atomic mass is 10.2. The summed E-state index contributed by atoms with van der Waals surface area (Å²) < 4.78 is 33.8. The summed E-state index contributed by atoms with van der Waals surface area (Å²) in [4.78, 5) is 26.9. The number of amides is 1. The molecule has 1 aromatic heterocycles. The zero-order valence-corrected chi connectivity index (χ0v) is 16.9. The number of anilines is 2. The lowest BCUT2D eigenvalue weighted by Crippen LogP contribution is -2.13. The van der Waals surface area contributed by atoms with E-state index in [1.807, 2.05) is 0 Å². The minimum absolute atomic E-state index is 0.0276. The Hall–Kier alpha value is -2.98. The molecule has 0 fully saturated rings. The van der Waals surface area contributed by atoms with Crippen LogP contribution in [0.2, 0.25) is 0 Å². The Balaban J connectivity index is 1.96. The molecule has 3 aromatic rings. The third-order valence-corrected chi connectivity index (χ3v) is 6.10. The molecule has 0 bridgehead atoms. The third kappa shape index (κ3) is 4.12. The Bertz CT molecular complexity index is 1170. The largest absolute Gasteiger partial charge is 0.494 e. The number of carbonyl (C=O) groups excluding carboxylic acids is 2. The molecule has 2 N–H and O–H groups in total. The Morgan fingerprint density at radius 2 is 1.79 bits per heavy atom. The number of ether oxygens (including phenoxy) is 1. The molecular formula is C18H17N3O5S2. The van der Waals surface area contributed by atoms with Gasteiger partial charge in [-0.25, -0.2) is 13.4 Å². The van der Waals surface area contributed by atoms with Crippen LogP contribution in [0, 0.1) is 0 Å². The van der Waals surface area contributed by atoms with Crippen molar-refractivity contribution in [3.8, 4) is 5.75 Å². The predicted molar refractivity (Wildman–Crippen MR) is 108 cm³/mol. The van der Waals surface area contributed by atoms with E-state index in [0.29, 0.717) is 26.7 Å². The number of nitrogens with zero attached hydrogens (tertiary/aromatic N) is 1. The maximum Gasteiger partial charge on any atom is 0.261 e. The molecule has 1 heterocycles. The average Bonchev–Trinajstić information content (AvgIpc) is 3.02. The van der Waals surface area contributed by atoms with Crippen LogP contribution in [0.3, 0.4) is 0 Å². The summed E-state index contributed by atoms with van der Waals surface area (Å²) in [5.74, 6) is -0.0322. The zero-order valence-electron chi connectivity index (χ0n) is 15.3. The average molecular weight is 419 g/mol. The Kier molecular flexibility index (Phi) is 5.34. The topological polar surface area (TPSA) is 114 Å². The third-order valence-electron chi connectivity index (χ3n) is 3.79. The molecule has 0 aliphatic carbocycles. The van der Waals surface area contributed by atoms with Gasteiger partial charge in [0.05, 0.1) is 22.4 Å². The maximum absolute atomic E-state index is 12.7. The van der Waals surface area contributed by atoms with Gasteiger partial charge in [0, 0.05) is 18.6 Å². The van der Waals surface area contributed by atoms with Crippen LogP contribution in [-0.2, 0) is 14.8 Å². The highest BCUT2D eigenvalue weighted by Gasteiger charge is 2.18. The molecule has 0 saturated heterocycles. The first-order chi connectivity index (χ1) is 13.2. The van der Waals surface area contributed by atoms with Gasteiger partial charge in [0.1, 0.15) is 11.3 Å². The molecule has 0 spiro atoms. The maximum atomic E-state index is 12.7. The minimum atomic E-state index is -3.86. The molecule has 0 atom stereocenters. The van der Waals surface area contributed by atoms with Gasteiger partial charge in [-0.15, -0.1) is 0 Å². The second-order valence-corrected chi connectivity index (χ2v) is 8.62. The molecule has 1 amide bonds. The second-order valence-electron chi connectivity index (χ2n) is 5.91. The van der Waals surface area contributed by atoms with Crippen molar-refractivity contribution >= 4 is 54.1 Å². The van der Waals surface area contributed by atoms with Crippen LogP contribution in [0.5, 0.6) is 5.75 Å². The van der Waals surface area contributed by atoms with Crippen molar-refractivity contribution in [2.24, 2.45) is 0 Å². The van der Waals surface area contributed by atoms with E-state index in [0.717, 1.165) is 0 Å². The number of ketones is 1. The molecular weight excluding hydrogens is 402 g/mol. The van der Waals surface area contributed by atoms with Gasteiger partial charge in [-0.05, 0) is 25.1 Å². The van der Waals surface area contributed by atoms with Crippen LogP contribution < -0.4 is 14.8 Å². The number of sulfonamides is 1. The van der Waals surface area contributed by atoms with Crippen LogP contribution in [-0.4, -0.2) is 32.2 Å². The Morgan fingerprint density at radius 1 is 1.11 bits per heavy atom. The number of methoxy groups -OCH3 is 1. The van der Waals surface area contributed by atoms with Crippen LogP contribution in [0.15, 0.2) is 41.3 Å². The fourth-order valence-electron chi connectivity index (χ4n) is 2.50. The Morgan fingerprint density at radius 3 is 2.36 bits per heavy atom. The zero-order chi connectivity index (χ0) is 20.5. The molecule has 0 aliphatic heterocycles. The molecule has 3 rings (SSSR count). The number of Topliss-reactive ketones (excluding diaryl/α,β-unsaturated/α-hetero) is 1. The highest BCUT2D eigenvalue weighted by atomic mass is 32.2. The van der Waals surface area contributed by atoms with E-state index in [1.54, 1.807) is 6.07 Å². The summed E-state index contributed by atoms with van der Waals surface area (Å²) in [6, 6.07) is 8.80. The summed E-state index contributed by atoms with van der Waals surface area (Å²) >= 11 is 1.20. The fourth-order valence-corrected chi connectivity index (χ4v) is 4.51. The van der Waals surface area contributed by atoms with E-state index in [4.69, 9.17) is 4.74 Å². The number of carbonyl (C=O) groups is 2. The molecule has 0 radical (unpaired) electrons. The van der Waals surface area contributed by atoms with Crippen LogP contribution in [0.1, 0.15) is 24.2 Å². The highest BCUT2D eigenvalue weighted by molar-refractivity contribution is 7.92. The first-order valence-corrected chi connectivity index (χ1v) is 10.4. The second kappa shape index (κ2) is 7.56. The van der Waals surface area contributed by atoms with Gasteiger partial charge >= 0.3 is 0 Å². The van der Waals surface area contributed by atoms with Gasteiger partial charge in [0.15, 0.2) is 10.9 Å². The van der Waals surface area contributed by atoms with Gasteiger partial charge < -0.3 is 10.1 Å². The summed E-state index contributed by atoms with van der Waals surface area (Å²) in [6.45, 7) is 2.79. The number of rotatable bonds is 6. The van der Waals surface area contributed by atoms with Gasteiger partial charge in [-0.1, -0.05) is 23.5 Å². The van der Waals surface area contributed by atoms with E-state index in [9.17, 15) is 18.0 Å². The first-order valence-electron chi connectivity index (χ1n) is 8.09. The van der Waals surface area contributed by atoms with Crippen LogP contribution in [0.25, 0.3) is 10.2 Å². The van der Waals surface area contributed by atoms with E-state index < -0.39 is 10.0 Å². The number of thiazole rings is 1. The van der Waals surface area contributed by atoms with Gasteiger partial charge in [-0.2, -0.15) is 0 Å².